The lowest BCUT2D eigenvalue weighted by Gasteiger charge is -2.28. The van der Waals surface area contributed by atoms with E-state index in [0.717, 1.165) is 39.3 Å². The van der Waals surface area contributed by atoms with Gasteiger partial charge in [0.2, 0.25) is 0 Å². The number of nitrogens with zero attached hydrogens (tertiary/aromatic N) is 1. The van der Waals surface area contributed by atoms with Gasteiger partial charge in [-0.3, -0.25) is 9.69 Å². The summed E-state index contributed by atoms with van der Waals surface area (Å²) in [4.78, 5) is 13.8. The summed E-state index contributed by atoms with van der Waals surface area (Å²) in [6.07, 6.45) is 0.993. The molecule has 0 amide bonds. The maximum absolute atomic E-state index is 11.4. The predicted octanol–water partition coefficient (Wildman–Crippen LogP) is 1.57. The summed E-state index contributed by atoms with van der Waals surface area (Å²) >= 11 is 0. The van der Waals surface area contributed by atoms with Crippen molar-refractivity contribution in [2.24, 2.45) is 11.8 Å². The van der Waals surface area contributed by atoms with E-state index in [2.05, 4.69) is 18.7 Å². The Hall–Kier alpha value is -0.410. The molecule has 0 saturated carbocycles. The highest BCUT2D eigenvalue weighted by molar-refractivity contribution is 5.78. The summed E-state index contributed by atoms with van der Waals surface area (Å²) in [5.41, 5.74) is 0. The van der Waals surface area contributed by atoms with Crippen LogP contribution in [0.4, 0.5) is 0 Å². The molecule has 1 rings (SSSR count). The molecule has 1 aliphatic rings. The van der Waals surface area contributed by atoms with E-state index < -0.39 is 0 Å². The minimum atomic E-state index is 0.229. The van der Waals surface area contributed by atoms with E-state index in [0.29, 0.717) is 11.7 Å². The monoisotopic (exact) mass is 213 g/mol. The number of ether oxygens (including phenoxy) is 1. The zero-order chi connectivity index (χ0) is 11.3. The van der Waals surface area contributed by atoms with Gasteiger partial charge in [-0.05, 0) is 25.8 Å². The Morgan fingerprint density at radius 1 is 1.33 bits per heavy atom. The number of ketones is 1. The molecule has 0 bridgehead atoms. The number of hydrogen-bond donors (Lipinski definition) is 0. The van der Waals surface area contributed by atoms with Crippen LogP contribution in [0, 0.1) is 11.8 Å². The average Bonchev–Trinajstić information content (AvgIpc) is 2.18. The Morgan fingerprint density at radius 2 is 1.93 bits per heavy atom. The van der Waals surface area contributed by atoms with E-state index in [1.54, 1.807) is 6.92 Å². The minimum absolute atomic E-state index is 0.229. The topological polar surface area (TPSA) is 29.5 Å². The fourth-order valence-electron chi connectivity index (χ4n) is 2.15. The first-order chi connectivity index (χ1) is 7.11. The maximum Gasteiger partial charge on any atom is 0.133 e. The molecule has 0 spiro atoms. The standard InChI is InChI=1S/C12H23NO2/c1-10(2)12(11(3)14)4-5-13-6-8-15-9-7-13/h10,12H,4-9H2,1-3H3. The van der Waals surface area contributed by atoms with Crippen LogP contribution in [0.3, 0.4) is 0 Å². The number of morpholine rings is 1. The van der Waals surface area contributed by atoms with E-state index in [1.807, 2.05) is 0 Å². The minimum Gasteiger partial charge on any atom is -0.379 e. The third-order valence-corrected chi connectivity index (χ3v) is 3.19. The van der Waals surface area contributed by atoms with Crippen LogP contribution in [0.5, 0.6) is 0 Å². The first kappa shape index (κ1) is 12.7. The lowest BCUT2D eigenvalue weighted by molar-refractivity contribution is -0.122. The van der Waals surface area contributed by atoms with Crippen molar-refractivity contribution in [3.05, 3.63) is 0 Å². The molecule has 3 heteroatoms. The molecule has 88 valence electrons. The fraction of sp³-hybridized carbons (Fsp3) is 0.917. The van der Waals surface area contributed by atoms with Gasteiger partial charge in [-0.2, -0.15) is 0 Å². The van der Waals surface area contributed by atoms with E-state index >= 15 is 0 Å². The first-order valence-electron chi connectivity index (χ1n) is 5.92. The van der Waals surface area contributed by atoms with Crippen LogP contribution in [0.1, 0.15) is 27.2 Å². The molecule has 1 aliphatic heterocycles. The smallest absolute Gasteiger partial charge is 0.133 e. The molecular weight excluding hydrogens is 190 g/mol. The van der Waals surface area contributed by atoms with Crippen molar-refractivity contribution in [3.8, 4) is 0 Å². The van der Waals surface area contributed by atoms with Gasteiger partial charge in [0.1, 0.15) is 5.78 Å². The van der Waals surface area contributed by atoms with Crippen LogP contribution in [0.25, 0.3) is 0 Å². The van der Waals surface area contributed by atoms with Crippen molar-refractivity contribution >= 4 is 5.78 Å². The van der Waals surface area contributed by atoms with Crippen molar-refractivity contribution in [1.29, 1.82) is 0 Å². The third kappa shape index (κ3) is 4.31. The molecule has 1 unspecified atom stereocenters. The summed E-state index contributed by atoms with van der Waals surface area (Å²) in [6, 6.07) is 0. The molecule has 0 N–H and O–H groups in total. The van der Waals surface area contributed by atoms with Crippen LogP contribution < -0.4 is 0 Å². The van der Waals surface area contributed by atoms with Crippen molar-refractivity contribution in [2.75, 3.05) is 32.8 Å². The summed E-state index contributed by atoms with van der Waals surface area (Å²) in [5.74, 6) is 1.02. The highest BCUT2D eigenvalue weighted by Gasteiger charge is 2.20. The van der Waals surface area contributed by atoms with Gasteiger partial charge >= 0.3 is 0 Å². The van der Waals surface area contributed by atoms with E-state index in [1.165, 1.54) is 0 Å². The van der Waals surface area contributed by atoms with Crippen molar-refractivity contribution in [3.63, 3.8) is 0 Å². The Morgan fingerprint density at radius 3 is 2.40 bits per heavy atom. The van der Waals surface area contributed by atoms with Gasteiger partial charge in [0, 0.05) is 19.0 Å². The Balaban J connectivity index is 2.29. The Labute approximate surface area is 92.8 Å². The zero-order valence-electron chi connectivity index (χ0n) is 10.2. The van der Waals surface area contributed by atoms with E-state index in [4.69, 9.17) is 4.74 Å². The van der Waals surface area contributed by atoms with Crippen LogP contribution >= 0.6 is 0 Å². The predicted molar refractivity (Wildman–Crippen MR) is 60.9 cm³/mol. The van der Waals surface area contributed by atoms with Crippen molar-refractivity contribution < 1.29 is 9.53 Å². The molecule has 0 aromatic carbocycles. The SMILES string of the molecule is CC(=O)C(CCN1CCOCC1)C(C)C. The summed E-state index contributed by atoms with van der Waals surface area (Å²) < 4.78 is 5.29. The largest absolute Gasteiger partial charge is 0.379 e. The van der Waals surface area contributed by atoms with Crippen LogP contribution in [0.15, 0.2) is 0 Å². The maximum atomic E-state index is 11.4. The molecule has 15 heavy (non-hydrogen) atoms. The number of rotatable bonds is 5. The molecule has 1 fully saturated rings. The van der Waals surface area contributed by atoms with Gasteiger partial charge in [0.05, 0.1) is 13.2 Å². The fourth-order valence-corrected chi connectivity index (χ4v) is 2.15. The number of carbonyl (C=O) groups excluding carboxylic acids is 1. The highest BCUT2D eigenvalue weighted by Crippen LogP contribution is 2.17. The average molecular weight is 213 g/mol. The number of carbonyl (C=O) groups is 1. The first-order valence-corrected chi connectivity index (χ1v) is 5.92. The Kier molecular flexibility index (Phi) is 5.26. The lowest BCUT2D eigenvalue weighted by Crippen LogP contribution is -2.38. The molecule has 3 nitrogen and oxygen atoms in total. The third-order valence-electron chi connectivity index (χ3n) is 3.19. The van der Waals surface area contributed by atoms with Gasteiger partial charge in [0.25, 0.3) is 0 Å². The van der Waals surface area contributed by atoms with E-state index in [-0.39, 0.29) is 5.92 Å². The van der Waals surface area contributed by atoms with Crippen molar-refractivity contribution in [1.82, 2.24) is 4.90 Å². The second-order valence-corrected chi connectivity index (χ2v) is 4.70. The number of hydrogen-bond acceptors (Lipinski definition) is 3. The van der Waals surface area contributed by atoms with Gasteiger partial charge < -0.3 is 4.74 Å². The normalized spacial score (nSPS) is 20.5. The van der Waals surface area contributed by atoms with Gasteiger partial charge in [-0.25, -0.2) is 0 Å². The van der Waals surface area contributed by atoms with Crippen LogP contribution in [-0.2, 0) is 9.53 Å². The van der Waals surface area contributed by atoms with Crippen LogP contribution in [-0.4, -0.2) is 43.5 Å². The molecule has 1 atom stereocenters. The summed E-state index contributed by atoms with van der Waals surface area (Å²) in [5, 5.41) is 0. The van der Waals surface area contributed by atoms with Crippen LogP contribution in [0.2, 0.25) is 0 Å². The molecule has 0 aromatic rings. The lowest BCUT2D eigenvalue weighted by atomic mass is 9.89. The van der Waals surface area contributed by atoms with Crippen molar-refractivity contribution in [2.45, 2.75) is 27.2 Å². The molecule has 0 radical (unpaired) electrons. The number of Topliss-reactive ketones (excluding diaryl/α,β-unsaturated/α-hetero) is 1. The quantitative estimate of drug-likeness (QED) is 0.694. The molecule has 1 saturated heterocycles. The zero-order valence-corrected chi connectivity index (χ0v) is 10.2. The second kappa shape index (κ2) is 6.23. The molecule has 0 aliphatic carbocycles. The van der Waals surface area contributed by atoms with Gasteiger partial charge in [-0.15, -0.1) is 0 Å². The Bertz CT molecular complexity index is 198. The summed E-state index contributed by atoms with van der Waals surface area (Å²) in [7, 11) is 0. The molecular formula is C12H23NO2. The van der Waals surface area contributed by atoms with Gasteiger partial charge in [0.15, 0.2) is 0 Å². The highest BCUT2D eigenvalue weighted by atomic mass is 16.5. The summed E-state index contributed by atoms with van der Waals surface area (Å²) in [6.45, 7) is 10.7. The molecule has 0 aromatic heterocycles. The second-order valence-electron chi connectivity index (χ2n) is 4.70. The van der Waals surface area contributed by atoms with E-state index in [9.17, 15) is 4.79 Å². The van der Waals surface area contributed by atoms with Gasteiger partial charge in [-0.1, -0.05) is 13.8 Å². The molecule has 1 heterocycles.